The lowest BCUT2D eigenvalue weighted by atomic mass is 9.45. The largest absolute Gasteiger partial charge is 0.454 e. The van der Waals surface area contributed by atoms with Crippen LogP contribution in [0, 0.1) is 28.6 Å². The van der Waals surface area contributed by atoms with Gasteiger partial charge in [-0.05, 0) is 86.0 Å². The van der Waals surface area contributed by atoms with Gasteiger partial charge in [-0.3, -0.25) is 14.1 Å². The van der Waals surface area contributed by atoms with Gasteiger partial charge in [0.05, 0.1) is 16.6 Å². The van der Waals surface area contributed by atoms with Gasteiger partial charge in [0.15, 0.2) is 12.4 Å². The van der Waals surface area contributed by atoms with Crippen LogP contribution in [0.15, 0.2) is 40.8 Å². The first-order valence-corrected chi connectivity index (χ1v) is 14.6. The van der Waals surface area contributed by atoms with Crippen molar-refractivity contribution < 1.29 is 42.3 Å². The summed E-state index contributed by atoms with van der Waals surface area (Å²) in [4.78, 5) is 37.5. The molecule has 3 N–H and O–H groups in total. The lowest BCUT2D eigenvalue weighted by Crippen LogP contribution is -2.62. The smallest absolute Gasteiger partial charge is 0.338 e. The summed E-state index contributed by atoms with van der Waals surface area (Å²) in [6.45, 7) is 3.28. The molecule has 0 aliphatic heterocycles. The molecule has 7 atom stereocenters. The molecule has 1 aromatic rings. The Morgan fingerprint density at radius 1 is 1.13 bits per heavy atom. The summed E-state index contributed by atoms with van der Waals surface area (Å²) < 4.78 is 37.1. The number of ketones is 2. The number of aliphatic hydroxyl groups excluding tert-OH is 1. The Labute approximate surface area is 222 Å². The quantitative estimate of drug-likeness (QED) is 0.373. The molecule has 2 unspecified atom stereocenters. The maximum Gasteiger partial charge on any atom is 0.338 e. The fraction of sp³-hybridized carbons (Fsp3) is 0.607. The number of Topliss-reactive ketones (excluding diaryl/α,β-unsaturated/α-hetero) is 1. The van der Waals surface area contributed by atoms with Gasteiger partial charge in [-0.1, -0.05) is 25.5 Å². The molecule has 1 aromatic carbocycles. The van der Waals surface area contributed by atoms with Gasteiger partial charge >= 0.3 is 5.97 Å². The first-order chi connectivity index (χ1) is 17.7. The van der Waals surface area contributed by atoms with Crippen LogP contribution in [0.5, 0.6) is 0 Å². The molecular formula is C28H34O9S. The van der Waals surface area contributed by atoms with Gasteiger partial charge in [0.25, 0.3) is 10.1 Å². The second-order valence-electron chi connectivity index (χ2n) is 12.0. The van der Waals surface area contributed by atoms with Crippen molar-refractivity contribution in [2.24, 2.45) is 28.6 Å². The van der Waals surface area contributed by atoms with Crippen LogP contribution in [0.3, 0.4) is 0 Å². The second kappa shape index (κ2) is 9.08. The highest BCUT2D eigenvalue weighted by atomic mass is 32.2. The van der Waals surface area contributed by atoms with Crippen LogP contribution in [-0.4, -0.2) is 59.0 Å². The van der Waals surface area contributed by atoms with Gasteiger partial charge in [0, 0.05) is 11.8 Å². The van der Waals surface area contributed by atoms with Gasteiger partial charge in [-0.25, -0.2) is 4.79 Å². The maximum atomic E-state index is 13.4. The highest BCUT2D eigenvalue weighted by molar-refractivity contribution is 7.85. The minimum atomic E-state index is -4.52. The third-order valence-electron chi connectivity index (χ3n) is 10.2. The Bertz CT molecular complexity index is 1330. The van der Waals surface area contributed by atoms with Crippen LogP contribution >= 0.6 is 0 Å². The van der Waals surface area contributed by atoms with Crippen molar-refractivity contribution in [1.82, 2.24) is 0 Å². The molecular weight excluding hydrogens is 512 g/mol. The number of carbonyl (C=O) groups excluding carboxylic acids is 3. The molecule has 0 spiro atoms. The Kier molecular flexibility index (Phi) is 6.49. The SMILES string of the molecule is C[C@]12CCC(=O)C=C1CC[C@@H]1C2C(O)C[C@@]2(C)[C@H]1CC[C@]2(O)C(=O)COC(=O)c1cccc(S(=O)(=O)O)c1. The fourth-order valence-electron chi connectivity index (χ4n) is 8.27. The summed E-state index contributed by atoms with van der Waals surface area (Å²) in [5.41, 5.74) is -2.04. The van der Waals surface area contributed by atoms with E-state index in [1.165, 1.54) is 12.1 Å². The average Bonchev–Trinajstić information content (AvgIpc) is 3.13. The third kappa shape index (κ3) is 4.08. The maximum absolute atomic E-state index is 13.4. The molecule has 0 radical (unpaired) electrons. The van der Waals surface area contributed by atoms with Gasteiger partial charge in [0.1, 0.15) is 5.60 Å². The van der Waals surface area contributed by atoms with Gasteiger partial charge in [-0.15, -0.1) is 0 Å². The van der Waals surface area contributed by atoms with Crippen molar-refractivity contribution in [2.75, 3.05) is 6.61 Å². The van der Waals surface area contributed by atoms with E-state index in [4.69, 9.17) is 4.74 Å². The molecule has 0 heterocycles. The summed E-state index contributed by atoms with van der Waals surface area (Å²) >= 11 is 0. The summed E-state index contributed by atoms with van der Waals surface area (Å²) in [6, 6.07) is 4.64. The van der Waals surface area contributed by atoms with Crippen molar-refractivity contribution >= 4 is 27.7 Å². The number of carbonyl (C=O) groups is 3. The molecule has 0 aromatic heterocycles. The number of esters is 1. The average molecular weight is 547 g/mol. The third-order valence-corrected chi connectivity index (χ3v) is 11.1. The second-order valence-corrected chi connectivity index (χ2v) is 13.4. The van der Waals surface area contributed by atoms with Crippen LogP contribution < -0.4 is 0 Å². The Balaban J connectivity index is 1.34. The van der Waals surface area contributed by atoms with Gasteiger partial charge in [0.2, 0.25) is 5.78 Å². The number of ether oxygens (including phenoxy) is 1. The minimum Gasteiger partial charge on any atom is -0.454 e. The van der Waals surface area contributed by atoms with Crippen LogP contribution in [0.1, 0.15) is 69.2 Å². The molecule has 0 amide bonds. The first-order valence-electron chi connectivity index (χ1n) is 13.1. The van der Waals surface area contributed by atoms with Gasteiger partial charge < -0.3 is 14.9 Å². The molecule has 3 fully saturated rings. The van der Waals surface area contributed by atoms with E-state index in [1.54, 1.807) is 6.08 Å². The molecule has 5 rings (SSSR count). The number of allylic oxidation sites excluding steroid dienone is 1. The van der Waals surface area contributed by atoms with Crippen molar-refractivity contribution in [3.8, 4) is 0 Å². The number of benzene rings is 1. The van der Waals surface area contributed by atoms with Crippen LogP contribution in [0.25, 0.3) is 0 Å². The zero-order chi connectivity index (χ0) is 27.7. The van der Waals surface area contributed by atoms with E-state index in [0.717, 1.165) is 30.5 Å². The Hall–Kier alpha value is -2.40. The van der Waals surface area contributed by atoms with Crippen LogP contribution in [0.4, 0.5) is 0 Å². The molecule has 0 saturated heterocycles. The molecule has 10 heteroatoms. The number of fused-ring (bicyclic) bond motifs is 5. The fourth-order valence-corrected chi connectivity index (χ4v) is 8.79. The minimum absolute atomic E-state index is 0.0111. The molecule has 3 saturated carbocycles. The van der Waals surface area contributed by atoms with E-state index in [0.29, 0.717) is 19.3 Å². The number of hydrogen-bond donors (Lipinski definition) is 3. The monoisotopic (exact) mass is 546 g/mol. The van der Waals surface area contributed by atoms with E-state index >= 15 is 0 Å². The molecule has 38 heavy (non-hydrogen) atoms. The highest BCUT2D eigenvalue weighted by Gasteiger charge is 2.68. The van der Waals surface area contributed by atoms with Crippen molar-refractivity contribution in [1.29, 1.82) is 0 Å². The van der Waals surface area contributed by atoms with Crippen LogP contribution in [-0.2, 0) is 24.4 Å². The van der Waals surface area contributed by atoms with E-state index in [1.807, 2.05) is 6.92 Å². The van der Waals surface area contributed by atoms with Crippen molar-refractivity contribution in [3.05, 3.63) is 41.5 Å². The molecule has 206 valence electrons. The van der Waals surface area contributed by atoms with E-state index < -0.39 is 50.5 Å². The normalized spacial score (nSPS) is 38.4. The lowest BCUT2D eigenvalue weighted by molar-refractivity contribution is -0.182. The van der Waals surface area contributed by atoms with Crippen LogP contribution in [0.2, 0.25) is 0 Å². The van der Waals surface area contributed by atoms with E-state index in [9.17, 15) is 37.6 Å². The zero-order valence-corrected chi connectivity index (χ0v) is 22.4. The topological polar surface area (TPSA) is 155 Å². The van der Waals surface area contributed by atoms with E-state index in [2.05, 4.69) is 6.92 Å². The number of aliphatic hydroxyl groups is 2. The summed E-state index contributed by atoms with van der Waals surface area (Å²) in [7, 11) is -4.52. The Morgan fingerprint density at radius 3 is 2.58 bits per heavy atom. The summed E-state index contributed by atoms with van der Waals surface area (Å²) in [6.07, 6.45) is 4.70. The predicted octanol–water partition coefficient (Wildman–Crippen LogP) is 2.89. The molecule has 0 bridgehead atoms. The number of hydrogen-bond acceptors (Lipinski definition) is 8. The molecule has 9 nitrogen and oxygen atoms in total. The van der Waals surface area contributed by atoms with Gasteiger partial charge in [-0.2, -0.15) is 8.42 Å². The Morgan fingerprint density at radius 2 is 1.87 bits per heavy atom. The number of rotatable bonds is 5. The highest BCUT2D eigenvalue weighted by Crippen LogP contribution is 2.67. The molecule has 4 aliphatic rings. The summed E-state index contributed by atoms with van der Waals surface area (Å²) in [5.74, 6) is -1.46. The zero-order valence-electron chi connectivity index (χ0n) is 21.6. The molecule has 4 aliphatic carbocycles. The lowest BCUT2D eigenvalue weighted by Gasteiger charge is -2.60. The first kappa shape index (κ1) is 27.2. The van der Waals surface area contributed by atoms with E-state index in [-0.39, 0.29) is 47.4 Å². The van der Waals surface area contributed by atoms with Crippen molar-refractivity contribution in [2.45, 2.75) is 75.4 Å². The van der Waals surface area contributed by atoms with Crippen molar-refractivity contribution in [3.63, 3.8) is 0 Å². The predicted molar refractivity (Wildman–Crippen MR) is 135 cm³/mol. The summed E-state index contributed by atoms with van der Waals surface area (Å²) in [5, 5.41) is 23.2. The standard InChI is InChI=1S/C28H34O9S/c1-26-10-8-18(29)13-17(26)6-7-20-21-9-11-28(33,27(21,2)14-22(30)24(20)26)23(31)15-37-25(32)16-4-3-5-19(12-16)38(34,35)36/h3-5,12-13,20-22,24,30,33H,6-11,14-15H2,1-2H3,(H,34,35,36)/t20-,21-,22?,24?,26-,27-,28-/m0/s1.